The lowest BCUT2D eigenvalue weighted by Crippen LogP contribution is -2.27. The normalized spacial score (nSPS) is 15.5. The molecule has 0 spiro atoms. The summed E-state index contributed by atoms with van der Waals surface area (Å²) >= 11 is 0. The lowest BCUT2D eigenvalue weighted by Gasteiger charge is -2.19. The number of rotatable bonds is 10. The Kier molecular flexibility index (Phi) is 9.29. The molecule has 0 atom stereocenters. The van der Waals surface area contributed by atoms with Gasteiger partial charge in [-0.25, -0.2) is 23.9 Å². The molecule has 2 heterocycles. The summed E-state index contributed by atoms with van der Waals surface area (Å²) in [5.41, 5.74) is 1.43. The highest BCUT2D eigenvalue weighted by Crippen LogP contribution is 2.34. The highest BCUT2D eigenvalue weighted by Gasteiger charge is 2.27. The first-order valence-electron chi connectivity index (χ1n) is 13.7. The third kappa shape index (κ3) is 7.77. The van der Waals surface area contributed by atoms with Gasteiger partial charge in [0.15, 0.2) is 5.76 Å². The van der Waals surface area contributed by atoms with E-state index in [-0.39, 0.29) is 30.4 Å². The predicted molar refractivity (Wildman–Crippen MR) is 162 cm³/mol. The number of esters is 2. The molecule has 4 aromatic rings. The molecule has 0 fully saturated rings. The van der Waals surface area contributed by atoms with E-state index in [1.807, 2.05) is 0 Å². The summed E-state index contributed by atoms with van der Waals surface area (Å²) in [5, 5.41) is 6.49. The number of cyclic esters (lactones) is 2. The lowest BCUT2D eigenvalue weighted by molar-refractivity contribution is -0.142. The molecule has 1 aliphatic rings. The lowest BCUT2D eigenvalue weighted by atomic mass is 10.1. The molecule has 0 radical (unpaired) electrons. The quantitative estimate of drug-likeness (QED) is 0.232. The highest BCUT2D eigenvalue weighted by molar-refractivity contribution is 6.08. The fraction of sp³-hybridized carbons (Fsp3) is 0.156. The van der Waals surface area contributed by atoms with Crippen molar-refractivity contribution in [3.05, 3.63) is 96.5 Å². The molecule has 2 N–H and O–H groups in total. The van der Waals surface area contributed by atoms with E-state index in [0.29, 0.717) is 39.7 Å². The number of hydrogen-bond donors (Lipinski definition) is 2. The predicted octanol–water partition coefficient (Wildman–Crippen LogP) is 5.07. The van der Waals surface area contributed by atoms with Crippen LogP contribution in [0.5, 0.6) is 17.2 Å². The Hall–Kier alpha value is -5.82. The van der Waals surface area contributed by atoms with Crippen LogP contribution in [0.3, 0.4) is 0 Å². The van der Waals surface area contributed by atoms with Crippen molar-refractivity contribution in [3.8, 4) is 17.2 Å². The molecule has 12 nitrogen and oxygen atoms in total. The van der Waals surface area contributed by atoms with Gasteiger partial charge in [0.1, 0.15) is 35.2 Å². The highest BCUT2D eigenvalue weighted by atomic mass is 19.1. The molecule has 1 aromatic heterocycles. The molecule has 0 unspecified atom stereocenters. The van der Waals surface area contributed by atoms with Gasteiger partial charge in [0.2, 0.25) is 5.76 Å². The maximum atomic E-state index is 13.5. The summed E-state index contributed by atoms with van der Waals surface area (Å²) in [6.07, 6.45) is 3.18. The number of aromatic nitrogens is 2. The Morgan fingerprint density at radius 1 is 0.933 bits per heavy atom. The van der Waals surface area contributed by atoms with Crippen LogP contribution >= 0.6 is 0 Å². The van der Waals surface area contributed by atoms with Crippen LogP contribution in [-0.2, 0) is 23.9 Å². The van der Waals surface area contributed by atoms with Crippen LogP contribution in [0.4, 0.5) is 21.6 Å². The van der Waals surface area contributed by atoms with Crippen molar-refractivity contribution < 1.29 is 37.7 Å². The molecule has 230 valence electrons. The van der Waals surface area contributed by atoms with Crippen LogP contribution in [0.1, 0.15) is 6.92 Å². The standard InChI is InChI=1S/C32H28FN5O7/c1-4-42-26-16-24-23(15-25(26)37-32(41)30-27(17-38(2)3)44-28(39)13-14-29(40)45-30)31(35-18-34-24)36-20-7-11-22(12-8-20)43-21-9-5-19(33)6-10-21/h5-16,18H,4,17H2,1-3H3,(H,37,41)(H,34,35,36)/b14-13+,30-27+. The van der Waals surface area contributed by atoms with Gasteiger partial charge in [0.05, 0.1) is 24.4 Å². The van der Waals surface area contributed by atoms with Crippen LogP contribution in [0.15, 0.2) is 90.7 Å². The van der Waals surface area contributed by atoms with E-state index in [4.69, 9.17) is 18.9 Å². The first kappa shape index (κ1) is 30.6. The van der Waals surface area contributed by atoms with Crippen molar-refractivity contribution in [2.45, 2.75) is 6.92 Å². The Balaban J connectivity index is 1.44. The van der Waals surface area contributed by atoms with Crippen molar-refractivity contribution in [1.29, 1.82) is 0 Å². The summed E-state index contributed by atoms with van der Waals surface area (Å²) in [6, 6.07) is 16.0. The summed E-state index contributed by atoms with van der Waals surface area (Å²) in [4.78, 5) is 48.3. The number of hydrogen-bond acceptors (Lipinski definition) is 11. The number of halogens is 1. The number of amides is 1. The number of nitrogens with one attached hydrogen (secondary N) is 2. The largest absolute Gasteiger partial charge is 0.492 e. The van der Waals surface area contributed by atoms with Crippen LogP contribution in [0.25, 0.3) is 10.9 Å². The molecule has 0 bridgehead atoms. The first-order valence-corrected chi connectivity index (χ1v) is 13.7. The third-order valence-corrected chi connectivity index (χ3v) is 6.15. The fourth-order valence-corrected chi connectivity index (χ4v) is 4.21. The van der Waals surface area contributed by atoms with Crippen molar-refractivity contribution in [2.75, 3.05) is 37.9 Å². The maximum absolute atomic E-state index is 13.5. The second-order valence-electron chi connectivity index (χ2n) is 9.85. The van der Waals surface area contributed by atoms with Gasteiger partial charge in [-0.1, -0.05) is 0 Å². The average molecular weight is 614 g/mol. The van der Waals surface area contributed by atoms with Gasteiger partial charge in [0.25, 0.3) is 5.91 Å². The number of benzene rings is 3. The van der Waals surface area contributed by atoms with Crippen molar-refractivity contribution in [1.82, 2.24) is 14.9 Å². The van der Waals surface area contributed by atoms with E-state index in [1.165, 1.54) is 30.6 Å². The number of likely N-dealkylation sites (N-methyl/N-ethyl adjacent to an activating group) is 1. The Morgan fingerprint density at radius 2 is 1.60 bits per heavy atom. The van der Waals surface area contributed by atoms with Gasteiger partial charge < -0.3 is 34.5 Å². The summed E-state index contributed by atoms with van der Waals surface area (Å²) in [6.45, 7) is 2.07. The number of carbonyl (C=O) groups is 3. The van der Waals surface area contributed by atoms with E-state index in [1.54, 1.807) is 62.3 Å². The van der Waals surface area contributed by atoms with Gasteiger partial charge >= 0.3 is 11.9 Å². The minimum atomic E-state index is -0.912. The van der Waals surface area contributed by atoms with Gasteiger partial charge in [0, 0.05) is 29.3 Å². The minimum absolute atomic E-state index is 0.00128. The summed E-state index contributed by atoms with van der Waals surface area (Å²) in [5.74, 6) is -1.78. The second kappa shape index (κ2) is 13.7. The molecule has 1 amide bonds. The zero-order valence-corrected chi connectivity index (χ0v) is 24.5. The number of anilines is 3. The van der Waals surface area contributed by atoms with Crippen LogP contribution in [-0.4, -0.2) is 60.0 Å². The van der Waals surface area contributed by atoms with E-state index in [0.717, 1.165) is 12.2 Å². The van der Waals surface area contributed by atoms with E-state index in [2.05, 4.69) is 20.6 Å². The first-order chi connectivity index (χ1) is 21.7. The van der Waals surface area contributed by atoms with Crippen molar-refractivity contribution >= 4 is 45.9 Å². The smallest absolute Gasteiger partial charge is 0.336 e. The van der Waals surface area contributed by atoms with E-state index in [9.17, 15) is 18.8 Å². The number of carbonyl (C=O) groups excluding carboxylic acids is 3. The van der Waals surface area contributed by atoms with E-state index >= 15 is 0 Å². The van der Waals surface area contributed by atoms with Gasteiger partial charge in [-0.05, 0) is 75.6 Å². The Bertz CT molecular complexity index is 1810. The zero-order valence-electron chi connectivity index (χ0n) is 24.5. The number of ether oxygens (including phenoxy) is 4. The van der Waals surface area contributed by atoms with Crippen LogP contribution in [0, 0.1) is 5.82 Å². The van der Waals surface area contributed by atoms with Crippen LogP contribution in [0.2, 0.25) is 0 Å². The molecule has 5 rings (SSSR count). The molecule has 0 aliphatic carbocycles. The molecule has 3 aromatic carbocycles. The number of nitrogens with zero attached hydrogens (tertiary/aromatic N) is 3. The fourth-order valence-electron chi connectivity index (χ4n) is 4.21. The number of fused-ring (bicyclic) bond motifs is 1. The minimum Gasteiger partial charge on any atom is -0.492 e. The van der Waals surface area contributed by atoms with Gasteiger partial charge in [-0.2, -0.15) is 0 Å². The molecular weight excluding hydrogens is 585 g/mol. The second-order valence-corrected chi connectivity index (χ2v) is 9.85. The topological polar surface area (TPSA) is 141 Å². The summed E-state index contributed by atoms with van der Waals surface area (Å²) in [7, 11) is 3.40. The molecule has 0 saturated heterocycles. The Labute approximate surface area is 257 Å². The van der Waals surface area contributed by atoms with Crippen LogP contribution < -0.4 is 20.1 Å². The van der Waals surface area contributed by atoms with E-state index < -0.39 is 23.6 Å². The van der Waals surface area contributed by atoms with Crippen molar-refractivity contribution in [2.24, 2.45) is 0 Å². The third-order valence-electron chi connectivity index (χ3n) is 6.15. The monoisotopic (exact) mass is 613 g/mol. The average Bonchev–Trinajstić information content (AvgIpc) is 3.00. The summed E-state index contributed by atoms with van der Waals surface area (Å²) < 4.78 is 35.3. The molecular formula is C32H28FN5O7. The SMILES string of the molecule is CCOc1cc2ncnc(Nc3ccc(Oc4ccc(F)cc4)cc3)c2cc1NC(=O)/C1=C(/CN(C)C)OC(=O)/C=C/C(=O)O1. The maximum Gasteiger partial charge on any atom is 0.336 e. The molecule has 1 aliphatic heterocycles. The molecule has 13 heteroatoms. The molecule has 45 heavy (non-hydrogen) atoms. The Morgan fingerprint density at radius 3 is 2.27 bits per heavy atom. The van der Waals surface area contributed by atoms with Crippen molar-refractivity contribution in [3.63, 3.8) is 0 Å². The van der Waals surface area contributed by atoms with Gasteiger partial charge in [-0.3, -0.25) is 4.79 Å². The van der Waals surface area contributed by atoms with Gasteiger partial charge in [-0.15, -0.1) is 0 Å². The molecule has 0 saturated carbocycles. The zero-order chi connectivity index (χ0) is 31.9.